The maximum absolute atomic E-state index is 11.0. The largest absolute Gasteiger partial charge is 0.480 e. The minimum Gasteiger partial charge on any atom is -0.480 e. The number of hydrogen-bond acceptors (Lipinski definition) is 3. The molecule has 1 aliphatic heterocycles. The molecule has 25 heavy (non-hydrogen) atoms. The van der Waals surface area contributed by atoms with Crippen molar-refractivity contribution in [3.63, 3.8) is 0 Å². The summed E-state index contributed by atoms with van der Waals surface area (Å²) in [6.07, 6.45) is 5.19. The standard InChI is InChI=1S/C19H28N2O2.2ClH/c1-15-13-21(12-11-20(15)14-19(22)23)18-10-6-5-9-17(18)16-7-3-2-4-8-16;;/h2-4,7-8,15,17-18H,5-6,9-14H2,1H3,(H,22,23);2*1H/t15?,17?,18-;;/m1../s1. The highest BCUT2D eigenvalue weighted by Crippen LogP contribution is 2.36. The highest BCUT2D eigenvalue weighted by Gasteiger charge is 2.35. The predicted octanol–water partition coefficient (Wildman–Crippen LogP) is 3.65. The van der Waals surface area contributed by atoms with Crippen LogP contribution in [-0.4, -0.2) is 59.1 Å². The van der Waals surface area contributed by atoms with Crippen LogP contribution in [0.25, 0.3) is 0 Å². The van der Waals surface area contributed by atoms with Crippen LogP contribution < -0.4 is 0 Å². The number of hydrogen-bond donors (Lipinski definition) is 1. The first kappa shape index (κ1) is 22.2. The van der Waals surface area contributed by atoms with Crippen LogP contribution in [0.1, 0.15) is 44.1 Å². The molecule has 142 valence electrons. The van der Waals surface area contributed by atoms with E-state index in [9.17, 15) is 4.79 Å². The summed E-state index contributed by atoms with van der Waals surface area (Å²) in [5.41, 5.74) is 1.47. The van der Waals surface area contributed by atoms with E-state index in [1.54, 1.807) is 0 Å². The quantitative estimate of drug-likeness (QED) is 0.854. The van der Waals surface area contributed by atoms with Gasteiger partial charge in [-0.25, -0.2) is 0 Å². The molecule has 2 unspecified atom stereocenters. The van der Waals surface area contributed by atoms with Gasteiger partial charge in [0.2, 0.25) is 0 Å². The summed E-state index contributed by atoms with van der Waals surface area (Å²) in [4.78, 5) is 15.7. The van der Waals surface area contributed by atoms with E-state index in [1.807, 2.05) is 0 Å². The Kier molecular flexibility index (Phi) is 9.22. The van der Waals surface area contributed by atoms with Crippen molar-refractivity contribution in [1.82, 2.24) is 9.80 Å². The van der Waals surface area contributed by atoms with Crippen LogP contribution in [0, 0.1) is 0 Å². The first-order chi connectivity index (χ1) is 11.1. The number of carboxylic acid groups (broad SMARTS) is 1. The molecule has 6 heteroatoms. The van der Waals surface area contributed by atoms with Crippen LogP contribution >= 0.6 is 24.8 Å². The fraction of sp³-hybridized carbons (Fsp3) is 0.632. The average molecular weight is 389 g/mol. The fourth-order valence-electron chi connectivity index (χ4n) is 4.37. The van der Waals surface area contributed by atoms with Crippen molar-refractivity contribution in [2.24, 2.45) is 0 Å². The number of carbonyl (C=O) groups is 1. The minimum absolute atomic E-state index is 0. The van der Waals surface area contributed by atoms with E-state index in [-0.39, 0.29) is 31.4 Å². The lowest BCUT2D eigenvalue weighted by molar-refractivity contribution is -0.139. The van der Waals surface area contributed by atoms with E-state index in [1.165, 1.54) is 31.2 Å². The van der Waals surface area contributed by atoms with E-state index in [0.717, 1.165) is 19.6 Å². The van der Waals surface area contributed by atoms with Crippen molar-refractivity contribution < 1.29 is 9.90 Å². The number of piperazine rings is 1. The zero-order chi connectivity index (χ0) is 16.2. The van der Waals surface area contributed by atoms with Gasteiger partial charge >= 0.3 is 5.97 Å². The maximum atomic E-state index is 11.0. The van der Waals surface area contributed by atoms with Crippen LogP contribution in [0.2, 0.25) is 0 Å². The van der Waals surface area contributed by atoms with Gasteiger partial charge in [-0.3, -0.25) is 14.6 Å². The van der Waals surface area contributed by atoms with E-state index in [2.05, 4.69) is 47.1 Å². The number of halogens is 2. The monoisotopic (exact) mass is 388 g/mol. The summed E-state index contributed by atoms with van der Waals surface area (Å²) >= 11 is 0. The molecule has 1 aromatic carbocycles. The summed E-state index contributed by atoms with van der Waals surface area (Å²) in [6, 6.07) is 11.9. The molecule has 1 aromatic rings. The molecule has 0 amide bonds. The van der Waals surface area contributed by atoms with Crippen LogP contribution in [0.3, 0.4) is 0 Å². The molecule has 3 atom stereocenters. The number of carboxylic acids is 1. The van der Waals surface area contributed by atoms with Gasteiger partial charge in [0.1, 0.15) is 0 Å². The normalized spacial score (nSPS) is 27.8. The second-order valence-corrected chi connectivity index (χ2v) is 7.08. The van der Waals surface area contributed by atoms with Crippen molar-refractivity contribution in [2.45, 2.75) is 50.6 Å². The molecule has 0 aromatic heterocycles. The van der Waals surface area contributed by atoms with Gasteiger partial charge in [0, 0.05) is 31.7 Å². The Bertz CT molecular complexity index is 529. The SMILES string of the molecule is CC1CN([C@@H]2CCCCC2c2ccccc2)CCN1CC(=O)O.Cl.Cl. The first-order valence-electron chi connectivity index (χ1n) is 8.90. The third-order valence-electron chi connectivity index (χ3n) is 5.56. The molecule has 1 N–H and O–H groups in total. The fourth-order valence-corrected chi connectivity index (χ4v) is 4.37. The highest BCUT2D eigenvalue weighted by molar-refractivity contribution is 5.85. The third kappa shape index (κ3) is 5.58. The molecule has 0 radical (unpaired) electrons. The van der Waals surface area contributed by atoms with Crippen molar-refractivity contribution in [1.29, 1.82) is 0 Å². The summed E-state index contributed by atoms with van der Waals surface area (Å²) in [6.45, 7) is 5.18. The molecular formula is C19H30Cl2N2O2. The summed E-state index contributed by atoms with van der Waals surface area (Å²) in [5.74, 6) is -0.0895. The number of nitrogens with zero attached hydrogens (tertiary/aromatic N) is 2. The lowest BCUT2D eigenvalue weighted by Crippen LogP contribution is -2.57. The summed E-state index contributed by atoms with van der Waals surface area (Å²) in [7, 11) is 0. The molecule has 1 heterocycles. The Morgan fingerprint density at radius 3 is 2.44 bits per heavy atom. The number of rotatable bonds is 4. The Morgan fingerprint density at radius 1 is 1.12 bits per heavy atom. The van der Waals surface area contributed by atoms with Crippen molar-refractivity contribution >= 4 is 30.8 Å². The number of benzene rings is 1. The molecule has 1 aliphatic carbocycles. The predicted molar refractivity (Wildman–Crippen MR) is 106 cm³/mol. The topological polar surface area (TPSA) is 43.8 Å². The van der Waals surface area contributed by atoms with Gasteiger partial charge in [-0.05, 0) is 31.2 Å². The van der Waals surface area contributed by atoms with E-state index in [4.69, 9.17) is 5.11 Å². The van der Waals surface area contributed by atoms with Crippen molar-refractivity contribution in [2.75, 3.05) is 26.2 Å². The van der Waals surface area contributed by atoms with Crippen molar-refractivity contribution in [3.8, 4) is 0 Å². The molecule has 2 aliphatic rings. The maximum Gasteiger partial charge on any atom is 0.317 e. The smallest absolute Gasteiger partial charge is 0.317 e. The highest BCUT2D eigenvalue weighted by atomic mass is 35.5. The van der Waals surface area contributed by atoms with E-state index in [0.29, 0.717) is 18.0 Å². The van der Waals surface area contributed by atoms with Crippen LogP contribution in [0.5, 0.6) is 0 Å². The van der Waals surface area contributed by atoms with Crippen LogP contribution in [0.15, 0.2) is 30.3 Å². The summed E-state index contributed by atoms with van der Waals surface area (Å²) < 4.78 is 0. The molecular weight excluding hydrogens is 359 g/mol. The van der Waals surface area contributed by atoms with Gasteiger partial charge < -0.3 is 5.11 Å². The molecule has 0 spiro atoms. The average Bonchev–Trinajstić information content (AvgIpc) is 2.57. The second-order valence-electron chi connectivity index (χ2n) is 7.08. The molecule has 0 bridgehead atoms. The van der Waals surface area contributed by atoms with Crippen LogP contribution in [-0.2, 0) is 4.79 Å². The minimum atomic E-state index is -0.717. The second kappa shape index (κ2) is 10.4. The Morgan fingerprint density at radius 2 is 1.80 bits per heavy atom. The molecule has 2 fully saturated rings. The molecule has 4 nitrogen and oxygen atoms in total. The lowest BCUT2D eigenvalue weighted by atomic mass is 9.79. The van der Waals surface area contributed by atoms with Gasteiger partial charge in [0.15, 0.2) is 0 Å². The zero-order valence-electron chi connectivity index (χ0n) is 14.8. The van der Waals surface area contributed by atoms with E-state index >= 15 is 0 Å². The third-order valence-corrected chi connectivity index (χ3v) is 5.56. The lowest BCUT2D eigenvalue weighted by Gasteiger charge is -2.46. The van der Waals surface area contributed by atoms with Gasteiger partial charge in [-0.2, -0.15) is 0 Å². The van der Waals surface area contributed by atoms with Crippen molar-refractivity contribution in [3.05, 3.63) is 35.9 Å². The number of aliphatic carboxylic acids is 1. The Hall–Kier alpha value is -0.810. The Balaban J connectivity index is 0.00000156. The van der Waals surface area contributed by atoms with Gasteiger partial charge in [-0.1, -0.05) is 43.2 Å². The van der Waals surface area contributed by atoms with Gasteiger partial charge in [-0.15, -0.1) is 24.8 Å². The van der Waals surface area contributed by atoms with E-state index < -0.39 is 5.97 Å². The Labute approximate surface area is 163 Å². The molecule has 1 saturated heterocycles. The van der Waals surface area contributed by atoms with Crippen LogP contribution in [0.4, 0.5) is 0 Å². The summed E-state index contributed by atoms with van der Waals surface area (Å²) in [5, 5.41) is 9.03. The molecule has 3 rings (SSSR count). The zero-order valence-corrected chi connectivity index (χ0v) is 16.5. The molecule has 1 saturated carbocycles. The van der Waals surface area contributed by atoms with Gasteiger partial charge in [0.25, 0.3) is 0 Å². The van der Waals surface area contributed by atoms with Gasteiger partial charge in [0.05, 0.1) is 6.54 Å². The first-order valence-corrected chi connectivity index (χ1v) is 8.90.